The Hall–Kier alpha value is -1.72. The van der Waals surface area contributed by atoms with Crippen molar-refractivity contribution >= 4 is 0 Å². The van der Waals surface area contributed by atoms with E-state index < -0.39 is 0 Å². The lowest BCUT2D eigenvalue weighted by Gasteiger charge is -2.20. The van der Waals surface area contributed by atoms with E-state index in [1.807, 2.05) is 0 Å². The van der Waals surface area contributed by atoms with Crippen molar-refractivity contribution in [3.8, 4) is 5.69 Å². The molecule has 1 saturated heterocycles. The van der Waals surface area contributed by atoms with Crippen molar-refractivity contribution in [3.05, 3.63) is 41.0 Å². The van der Waals surface area contributed by atoms with Crippen LogP contribution < -0.4 is 0 Å². The van der Waals surface area contributed by atoms with Crippen molar-refractivity contribution in [1.29, 1.82) is 0 Å². The Kier molecular flexibility index (Phi) is 4.38. The fourth-order valence-corrected chi connectivity index (χ4v) is 3.62. The lowest BCUT2D eigenvalue weighted by Crippen LogP contribution is -2.31. The summed E-state index contributed by atoms with van der Waals surface area (Å²) in [7, 11) is 4.36. The average Bonchev–Trinajstić information content (AvgIpc) is 3.18. The Morgan fingerprint density at radius 3 is 2.56 bits per heavy atom. The summed E-state index contributed by atoms with van der Waals surface area (Å²) in [6.07, 6.45) is 3.71. The van der Waals surface area contributed by atoms with Crippen molar-refractivity contribution in [2.75, 3.05) is 27.2 Å². The van der Waals surface area contributed by atoms with Crippen LogP contribution in [0.4, 0.5) is 0 Å². The Bertz CT molecular complexity index is 759. The summed E-state index contributed by atoms with van der Waals surface area (Å²) in [5.41, 5.74) is 3.77. The Labute approximate surface area is 150 Å². The highest BCUT2D eigenvalue weighted by atomic mass is 15.4. The maximum Gasteiger partial charge on any atom is 0.154 e. The number of benzene rings is 1. The molecular weight excluding hydrogens is 310 g/mol. The minimum atomic E-state index is 0.583. The first-order valence-corrected chi connectivity index (χ1v) is 9.43. The molecule has 2 heterocycles. The number of aromatic nitrogens is 3. The lowest BCUT2D eigenvalue weighted by molar-refractivity contribution is 0.260. The minimum Gasteiger partial charge on any atom is -0.305 e. The van der Waals surface area contributed by atoms with E-state index >= 15 is 0 Å². The fourth-order valence-electron chi connectivity index (χ4n) is 3.62. The van der Waals surface area contributed by atoms with Crippen LogP contribution in [-0.4, -0.2) is 57.8 Å². The molecule has 2 aromatic rings. The summed E-state index contributed by atoms with van der Waals surface area (Å²) in [5.74, 6) is 2.71. The van der Waals surface area contributed by atoms with E-state index in [0.717, 1.165) is 37.0 Å². The van der Waals surface area contributed by atoms with E-state index in [1.165, 1.54) is 30.4 Å². The van der Waals surface area contributed by atoms with E-state index in [0.29, 0.717) is 12.0 Å². The third kappa shape index (κ3) is 3.48. The van der Waals surface area contributed by atoms with Gasteiger partial charge in [0, 0.05) is 25.0 Å². The zero-order valence-corrected chi connectivity index (χ0v) is 15.9. The van der Waals surface area contributed by atoms with Crippen LogP contribution in [0.3, 0.4) is 0 Å². The highest BCUT2D eigenvalue weighted by Gasteiger charge is 2.31. The fraction of sp³-hybridized carbons (Fsp3) is 0.600. The lowest BCUT2D eigenvalue weighted by atomic mass is 10.1. The maximum atomic E-state index is 4.93. The number of likely N-dealkylation sites (N-methyl/N-ethyl adjacent to an activating group) is 1. The topological polar surface area (TPSA) is 37.2 Å². The Morgan fingerprint density at radius 1 is 1.12 bits per heavy atom. The van der Waals surface area contributed by atoms with Gasteiger partial charge in [-0.3, -0.25) is 4.90 Å². The number of hydrogen-bond donors (Lipinski definition) is 0. The molecule has 0 bridgehead atoms. The van der Waals surface area contributed by atoms with Gasteiger partial charge in [0.2, 0.25) is 0 Å². The number of rotatable bonds is 5. The molecular formula is C20H29N5. The highest BCUT2D eigenvalue weighted by molar-refractivity contribution is 5.39. The van der Waals surface area contributed by atoms with E-state index in [4.69, 9.17) is 10.1 Å². The summed E-state index contributed by atoms with van der Waals surface area (Å²) in [5, 5.41) is 4.88. The SMILES string of the molecule is Cc1ccc(-n2nc(C3CC3)nc2CN2CC[C@H](N(C)C)C2)cc1C. The molecule has 1 aromatic carbocycles. The molecule has 134 valence electrons. The van der Waals surface area contributed by atoms with Gasteiger partial charge in [-0.25, -0.2) is 9.67 Å². The standard InChI is InChI=1S/C20H29N5/c1-14-5-8-17(11-15(14)2)25-19(21-20(22-25)16-6-7-16)13-24-10-9-18(12-24)23(3)4/h5,8,11,16,18H,6-7,9-10,12-13H2,1-4H3/t18-/m0/s1. The average molecular weight is 339 g/mol. The largest absolute Gasteiger partial charge is 0.305 e. The van der Waals surface area contributed by atoms with Crippen LogP contribution in [0, 0.1) is 13.8 Å². The van der Waals surface area contributed by atoms with Gasteiger partial charge in [-0.2, -0.15) is 5.10 Å². The van der Waals surface area contributed by atoms with Gasteiger partial charge < -0.3 is 4.90 Å². The van der Waals surface area contributed by atoms with Gasteiger partial charge in [0.15, 0.2) is 5.82 Å². The molecule has 0 spiro atoms. The number of nitrogens with zero attached hydrogens (tertiary/aromatic N) is 5. The van der Waals surface area contributed by atoms with Gasteiger partial charge in [-0.05, 0) is 70.5 Å². The van der Waals surface area contributed by atoms with Crippen LogP contribution in [0.5, 0.6) is 0 Å². The second-order valence-corrected chi connectivity index (χ2v) is 7.98. The van der Waals surface area contributed by atoms with Crippen molar-refractivity contribution in [2.45, 2.75) is 51.6 Å². The molecule has 2 aliphatic rings. The van der Waals surface area contributed by atoms with Crippen molar-refractivity contribution in [3.63, 3.8) is 0 Å². The monoisotopic (exact) mass is 339 g/mol. The number of aryl methyl sites for hydroxylation is 2. The van der Waals surface area contributed by atoms with E-state index in [2.05, 4.69) is 60.6 Å². The third-order valence-electron chi connectivity index (χ3n) is 5.71. The van der Waals surface area contributed by atoms with Gasteiger partial charge in [0.25, 0.3) is 0 Å². The molecule has 4 rings (SSSR count). The molecule has 0 N–H and O–H groups in total. The maximum absolute atomic E-state index is 4.93. The highest BCUT2D eigenvalue weighted by Crippen LogP contribution is 2.38. The minimum absolute atomic E-state index is 0.583. The quantitative estimate of drug-likeness (QED) is 0.839. The first-order valence-electron chi connectivity index (χ1n) is 9.43. The van der Waals surface area contributed by atoms with E-state index in [-0.39, 0.29) is 0 Å². The van der Waals surface area contributed by atoms with Gasteiger partial charge in [0.1, 0.15) is 5.82 Å². The Morgan fingerprint density at radius 2 is 1.92 bits per heavy atom. The molecule has 1 atom stereocenters. The third-order valence-corrected chi connectivity index (χ3v) is 5.71. The first-order chi connectivity index (χ1) is 12.0. The van der Waals surface area contributed by atoms with Crippen LogP contribution in [0.25, 0.3) is 5.69 Å². The molecule has 1 aromatic heterocycles. The molecule has 5 nitrogen and oxygen atoms in total. The molecule has 0 unspecified atom stereocenters. The van der Waals surface area contributed by atoms with Crippen LogP contribution >= 0.6 is 0 Å². The van der Waals surface area contributed by atoms with Crippen LogP contribution in [-0.2, 0) is 6.54 Å². The normalized spacial score (nSPS) is 21.4. The molecule has 1 aliphatic carbocycles. The predicted molar refractivity (Wildman–Crippen MR) is 100 cm³/mol. The summed E-state index contributed by atoms with van der Waals surface area (Å²) in [6.45, 7) is 7.46. The van der Waals surface area contributed by atoms with Crippen molar-refractivity contribution in [2.24, 2.45) is 0 Å². The molecule has 0 amide bonds. The van der Waals surface area contributed by atoms with Crippen molar-refractivity contribution in [1.82, 2.24) is 24.6 Å². The number of hydrogen-bond acceptors (Lipinski definition) is 4. The van der Waals surface area contributed by atoms with E-state index in [1.54, 1.807) is 0 Å². The number of likely N-dealkylation sites (tertiary alicyclic amines) is 1. The second-order valence-electron chi connectivity index (χ2n) is 7.98. The summed E-state index contributed by atoms with van der Waals surface area (Å²) >= 11 is 0. The van der Waals surface area contributed by atoms with Gasteiger partial charge in [0.05, 0.1) is 12.2 Å². The van der Waals surface area contributed by atoms with Crippen LogP contribution in [0.15, 0.2) is 18.2 Å². The van der Waals surface area contributed by atoms with E-state index in [9.17, 15) is 0 Å². The zero-order chi connectivity index (χ0) is 17.6. The van der Waals surface area contributed by atoms with Gasteiger partial charge in [-0.15, -0.1) is 0 Å². The Balaban J connectivity index is 1.61. The summed E-state index contributed by atoms with van der Waals surface area (Å²) < 4.78 is 2.09. The van der Waals surface area contributed by atoms with Gasteiger partial charge in [-0.1, -0.05) is 6.07 Å². The van der Waals surface area contributed by atoms with Gasteiger partial charge >= 0.3 is 0 Å². The van der Waals surface area contributed by atoms with Crippen molar-refractivity contribution < 1.29 is 0 Å². The molecule has 25 heavy (non-hydrogen) atoms. The smallest absolute Gasteiger partial charge is 0.154 e. The predicted octanol–water partition coefficient (Wildman–Crippen LogP) is 2.90. The molecule has 2 fully saturated rings. The van der Waals surface area contributed by atoms with Crippen LogP contribution in [0.1, 0.15) is 48.0 Å². The molecule has 0 radical (unpaired) electrons. The summed E-state index contributed by atoms with van der Waals surface area (Å²) in [6, 6.07) is 7.24. The zero-order valence-electron chi connectivity index (χ0n) is 15.9. The van der Waals surface area contributed by atoms with Crippen LogP contribution in [0.2, 0.25) is 0 Å². The molecule has 5 heteroatoms. The first kappa shape index (κ1) is 16.7. The molecule has 1 aliphatic heterocycles. The second kappa shape index (κ2) is 6.54. The summed E-state index contributed by atoms with van der Waals surface area (Å²) in [4.78, 5) is 9.78. The molecule has 1 saturated carbocycles.